The van der Waals surface area contributed by atoms with Gasteiger partial charge in [-0.2, -0.15) is 0 Å². The molecule has 0 aromatic heterocycles. The highest BCUT2D eigenvalue weighted by molar-refractivity contribution is 5.85. The summed E-state index contributed by atoms with van der Waals surface area (Å²) in [4.78, 5) is 24.7. The van der Waals surface area contributed by atoms with E-state index in [-0.39, 0.29) is 36.2 Å². The molecule has 0 aromatic carbocycles. The van der Waals surface area contributed by atoms with Crippen LogP contribution in [0.5, 0.6) is 0 Å². The largest absolute Gasteiger partial charge is 0.458 e. The van der Waals surface area contributed by atoms with Crippen molar-refractivity contribution in [3.63, 3.8) is 0 Å². The highest BCUT2D eigenvalue weighted by Crippen LogP contribution is 2.70. The third-order valence-corrected chi connectivity index (χ3v) is 11.9. The van der Waals surface area contributed by atoms with Crippen LogP contribution in [0, 0.1) is 28.6 Å². The molecule has 9 nitrogen and oxygen atoms in total. The van der Waals surface area contributed by atoms with Gasteiger partial charge in [0.05, 0.1) is 34.9 Å². The molecule has 4 saturated carbocycles. The Kier molecular flexibility index (Phi) is 6.41. The Morgan fingerprint density at radius 3 is 2.50 bits per heavy atom. The van der Waals surface area contributed by atoms with E-state index in [1.54, 1.807) is 13.0 Å². The molecule has 2 aliphatic heterocycles. The third-order valence-electron chi connectivity index (χ3n) is 11.9. The predicted octanol–water partition coefficient (Wildman–Crippen LogP) is 1.78. The summed E-state index contributed by atoms with van der Waals surface area (Å²) in [5.41, 5.74) is -2.60. The zero-order chi connectivity index (χ0) is 27.1. The molecule has 12 atom stereocenters. The summed E-state index contributed by atoms with van der Waals surface area (Å²) in [7, 11) is 0. The van der Waals surface area contributed by atoms with Crippen LogP contribution in [0.4, 0.5) is 0 Å². The minimum atomic E-state index is -1.24. The van der Waals surface area contributed by atoms with Crippen molar-refractivity contribution in [1.29, 1.82) is 0 Å². The van der Waals surface area contributed by atoms with Crippen molar-refractivity contribution in [3.8, 4) is 0 Å². The van der Waals surface area contributed by atoms with Crippen molar-refractivity contribution in [1.82, 2.24) is 0 Å². The van der Waals surface area contributed by atoms with Gasteiger partial charge in [-0.15, -0.1) is 0 Å². The van der Waals surface area contributed by atoms with Crippen LogP contribution in [0.25, 0.3) is 0 Å². The number of carbonyl (C=O) groups is 2. The lowest BCUT2D eigenvalue weighted by Crippen LogP contribution is -2.69. The van der Waals surface area contributed by atoms with E-state index < -0.39 is 46.6 Å². The average Bonchev–Trinajstić information content (AvgIpc) is 3.41. The molecule has 38 heavy (non-hydrogen) atoms. The fourth-order valence-electron chi connectivity index (χ4n) is 9.76. The van der Waals surface area contributed by atoms with Gasteiger partial charge in [-0.05, 0) is 81.6 Å². The van der Waals surface area contributed by atoms with Gasteiger partial charge in [0.1, 0.15) is 19.0 Å². The molecule has 0 amide bonds. The summed E-state index contributed by atoms with van der Waals surface area (Å²) in [5, 5.41) is 44.6. The highest BCUT2D eigenvalue weighted by Gasteiger charge is 2.71. The van der Waals surface area contributed by atoms with E-state index in [4.69, 9.17) is 14.2 Å². The second-order valence-electron chi connectivity index (χ2n) is 13.3. The van der Waals surface area contributed by atoms with Crippen molar-refractivity contribution >= 4 is 12.3 Å². The first-order chi connectivity index (χ1) is 18.0. The van der Waals surface area contributed by atoms with Gasteiger partial charge in [-0.25, -0.2) is 4.79 Å². The van der Waals surface area contributed by atoms with Crippen LogP contribution in [-0.4, -0.2) is 81.2 Å². The molecule has 1 saturated heterocycles. The van der Waals surface area contributed by atoms with Gasteiger partial charge in [0.15, 0.2) is 6.29 Å². The summed E-state index contributed by atoms with van der Waals surface area (Å²) in [5.74, 6) is -0.473. The lowest BCUT2D eigenvalue weighted by molar-refractivity contribution is -0.286. The van der Waals surface area contributed by atoms with E-state index in [9.17, 15) is 30.0 Å². The van der Waals surface area contributed by atoms with Gasteiger partial charge in [-0.1, -0.05) is 6.92 Å². The number of aliphatic hydroxyl groups excluding tert-OH is 2. The Morgan fingerprint density at radius 2 is 1.82 bits per heavy atom. The molecule has 6 rings (SSSR count). The zero-order valence-corrected chi connectivity index (χ0v) is 22.4. The molecule has 0 spiro atoms. The van der Waals surface area contributed by atoms with E-state index in [2.05, 4.69) is 6.92 Å². The lowest BCUT2D eigenvalue weighted by atomic mass is 9.41. The van der Waals surface area contributed by atoms with Crippen LogP contribution < -0.4 is 0 Å². The van der Waals surface area contributed by atoms with Crippen LogP contribution in [-0.2, 0) is 23.8 Å². The molecular weight excluding hydrogens is 492 g/mol. The Bertz CT molecular complexity index is 1000. The topological polar surface area (TPSA) is 143 Å². The number of cyclic esters (lactones) is 1. The lowest BCUT2D eigenvalue weighted by Gasteiger charge is -2.65. The first-order valence-corrected chi connectivity index (χ1v) is 14.4. The number of ether oxygens (including phenoxy) is 3. The van der Waals surface area contributed by atoms with E-state index >= 15 is 0 Å². The Hall–Kier alpha value is -1.36. The summed E-state index contributed by atoms with van der Waals surface area (Å²) in [6.45, 7) is 4.13. The van der Waals surface area contributed by atoms with Crippen molar-refractivity contribution in [2.24, 2.45) is 28.6 Å². The number of rotatable bonds is 4. The van der Waals surface area contributed by atoms with Crippen LogP contribution in [0.2, 0.25) is 0 Å². The maximum absolute atomic E-state index is 12.9. The number of esters is 1. The van der Waals surface area contributed by atoms with Crippen LogP contribution >= 0.6 is 0 Å². The summed E-state index contributed by atoms with van der Waals surface area (Å²) >= 11 is 0. The highest BCUT2D eigenvalue weighted by atomic mass is 16.7. The molecule has 2 heterocycles. The van der Waals surface area contributed by atoms with Crippen LogP contribution in [0.1, 0.15) is 78.1 Å². The fraction of sp³-hybridized carbons (Fsp3) is 0.862. The van der Waals surface area contributed by atoms with Gasteiger partial charge in [-0.3, -0.25) is 0 Å². The fourth-order valence-corrected chi connectivity index (χ4v) is 9.76. The predicted molar refractivity (Wildman–Crippen MR) is 133 cm³/mol. The standard InChI is InChI=1S/C29H42O9/c1-16-25(33)22(31)12-24(37-16)38-18-3-8-27(15-30)20-4-7-26(2)19(17-11-23(32)36-14-17)6-10-29(26,35)21(20)5-9-28(27,34)13-18/h11,15-16,18-22,24-25,31,33-35H,3-10,12-14H2,1-2H3/t16-,18+,19-,20+,21-,22-,24-,25+,26-,27+,28+,29+/m1/s1. The molecule has 4 N–H and O–H groups in total. The van der Waals surface area contributed by atoms with Crippen LogP contribution in [0.3, 0.4) is 0 Å². The molecule has 4 aliphatic carbocycles. The molecule has 0 aromatic rings. The molecule has 5 fully saturated rings. The molecule has 9 heteroatoms. The summed E-state index contributed by atoms with van der Waals surface area (Å²) in [6, 6.07) is 0. The number of hydrogen-bond donors (Lipinski definition) is 4. The van der Waals surface area contributed by atoms with E-state index in [0.717, 1.165) is 31.1 Å². The molecule has 6 aliphatic rings. The summed E-state index contributed by atoms with van der Waals surface area (Å²) < 4.78 is 17.1. The van der Waals surface area contributed by atoms with Gasteiger partial charge >= 0.3 is 5.97 Å². The van der Waals surface area contributed by atoms with Crippen LogP contribution in [0.15, 0.2) is 11.6 Å². The third kappa shape index (κ3) is 3.65. The second-order valence-corrected chi connectivity index (χ2v) is 13.3. The van der Waals surface area contributed by atoms with E-state index in [0.29, 0.717) is 45.1 Å². The first-order valence-electron chi connectivity index (χ1n) is 14.4. The van der Waals surface area contributed by atoms with Gasteiger partial charge in [0.25, 0.3) is 0 Å². The second kappa shape index (κ2) is 9.08. The molecule has 212 valence electrons. The normalized spacial score (nSPS) is 54.4. The zero-order valence-electron chi connectivity index (χ0n) is 22.4. The van der Waals surface area contributed by atoms with E-state index in [1.165, 1.54) is 0 Å². The van der Waals surface area contributed by atoms with Crippen molar-refractivity contribution in [2.45, 2.75) is 120 Å². The van der Waals surface area contributed by atoms with Crippen molar-refractivity contribution in [3.05, 3.63) is 11.6 Å². The maximum atomic E-state index is 12.9. The minimum Gasteiger partial charge on any atom is -0.458 e. The number of aldehydes is 1. The quantitative estimate of drug-likeness (QED) is 0.241. The molecule has 0 radical (unpaired) electrons. The SMILES string of the molecule is C[C@H]1O[C@H](O[C@H]2CC[C@]3(C=O)[C@H]4CC[C@]5(C)[C@@H](C6=CC(=O)OC6)CC[C@]5(O)[C@@H]4CC[C@]3(O)C2)C[C@@H](O)[C@H]1O. The number of aliphatic hydroxyl groups is 4. The maximum Gasteiger partial charge on any atom is 0.331 e. The van der Waals surface area contributed by atoms with Crippen molar-refractivity contribution < 1.29 is 44.2 Å². The Labute approximate surface area is 223 Å². The molecule has 0 bridgehead atoms. The van der Waals surface area contributed by atoms with Gasteiger partial charge < -0.3 is 39.4 Å². The number of hydrogen-bond acceptors (Lipinski definition) is 9. The average molecular weight is 535 g/mol. The molecular formula is C29H42O9. The summed E-state index contributed by atoms with van der Waals surface area (Å²) in [6.07, 6.45) is 4.50. The molecule has 0 unspecified atom stereocenters. The van der Waals surface area contributed by atoms with E-state index in [1.807, 2.05) is 0 Å². The Morgan fingerprint density at radius 1 is 1.05 bits per heavy atom. The van der Waals surface area contributed by atoms with Gasteiger partial charge in [0.2, 0.25) is 0 Å². The van der Waals surface area contributed by atoms with Crippen molar-refractivity contribution in [2.75, 3.05) is 6.61 Å². The minimum absolute atomic E-state index is 0.0729. The smallest absolute Gasteiger partial charge is 0.331 e. The first kappa shape index (κ1) is 26.8. The monoisotopic (exact) mass is 534 g/mol. The number of fused-ring (bicyclic) bond motifs is 5. The van der Waals surface area contributed by atoms with Gasteiger partial charge in [0, 0.05) is 24.3 Å². The number of carbonyl (C=O) groups excluding carboxylic acids is 2. The Balaban J connectivity index is 1.22.